The first-order valence-electron chi connectivity index (χ1n) is 7.95. The van der Waals surface area contributed by atoms with Crippen molar-refractivity contribution in [2.75, 3.05) is 0 Å². The van der Waals surface area contributed by atoms with Gasteiger partial charge in [-0.2, -0.15) is 0 Å². The molecule has 0 saturated heterocycles. The quantitative estimate of drug-likeness (QED) is 0.363. The smallest absolute Gasteiger partial charge is 0.550 e. The fourth-order valence-corrected chi connectivity index (χ4v) is 2.47. The fourth-order valence-electron chi connectivity index (χ4n) is 2.35. The van der Waals surface area contributed by atoms with Gasteiger partial charge in [-0.3, -0.25) is 4.79 Å². The average Bonchev–Trinajstić information content (AvgIpc) is 2.60. The van der Waals surface area contributed by atoms with Crippen LogP contribution in [0.5, 0.6) is 0 Å². The Morgan fingerprint density at radius 1 is 1.07 bits per heavy atom. The van der Waals surface area contributed by atoms with Crippen molar-refractivity contribution in [3.8, 4) is 0 Å². The van der Waals surface area contributed by atoms with E-state index in [0.29, 0.717) is 21.9 Å². The number of carbonyl (C=O) groups is 2. The third-order valence-electron chi connectivity index (χ3n) is 3.72. The van der Waals surface area contributed by atoms with E-state index in [1.807, 2.05) is 0 Å². The van der Waals surface area contributed by atoms with Crippen LogP contribution in [0.25, 0.3) is 5.76 Å². The standard InChI is InChI=1S/C20H18ClFO4.Li/c1-13(14-2-6-16(21)7-3-14)26-18(10-11-20(24)25)12-19(23)15-4-8-17(22)9-5-15;/h2-9,18H,1,10-12H2,(H,24,25);/q;+1/p-1. The molecule has 0 aromatic heterocycles. The van der Waals surface area contributed by atoms with Gasteiger partial charge in [-0.25, -0.2) is 4.39 Å². The number of carboxylic acids is 1. The third kappa shape index (κ3) is 7.60. The van der Waals surface area contributed by atoms with E-state index in [-0.39, 0.29) is 43.9 Å². The minimum Gasteiger partial charge on any atom is -0.550 e. The molecule has 0 saturated carbocycles. The first-order chi connectivity index (χ1) is 12.3. The average molecular weight is 383 g/mol. The summed E-state index contributed by atoms with van der Waals surface area (Å²) in [7, 11) is 0. The molecule has 7 heteroatoms. The normalized spacial score (nSPS) is 11.2. The minimum absolute atomic E-state index is 0. The van der Waals surface area contributed by atoms with Crippen LogP contribution in [-0.4, -0.2) is 17.9 Å². The summed E-state index contributed by atoms with van der Waals surface area (Å²) in [5.41, 5.74) is 0.993. The number of aliphatic carboxylic acids is 1. The van der Waals surface area contributed by atoms with Gasteiger partial charge in [0.15, 0.2) is 5.78 Å². The zero-order valence-corrected chi connectivity index (χ0v) is 15.7. The molecule has 0 spiro atoms. The van der Waals surface area contributed by atoms with Gasteiger partial charge in [0.1, 0.15) is 17.7 Å². The molecule has 0 bridgehead atoms. The maximum absolute atomic E-state index is 13.0. The molecule has 1 unspecified atom stereocenters. The summed E-state index contributed by atoms with van der Waals surface area (Å²) >= 11 is 5.84. The Balaban J connectivity index is 0.00000364. The largest absolute Gasteiger partial charge is 1.00 e. The van der Waals surface area contributed by atoms with E-state index in [1.165, 1.54) is 24.3 Å². The molecule has 2 rings (SSSR count). The summed E-state index contributed by atoms with van der Waals surface area (Å²) in [5.74, 6) is -1.65. The predicted octanol–water partition coefficient (Wildman–Crippen LogP) is 0.642. The number of hydrogen-bond acceptors (Lipinski definition) is 4. The van der Waals surface area contributed by atoms with Crippen LogP contribution >= 0.6 is 11.6 Å². The van der Waals surface area contributed by atoms with Crippen molar-refractivity contribution in [2.45, 2.75) is 25.4 Å². The second-order valence-electron chi connectivity index (χ2n) is 5.71. The Morgan fingerprint density at radius 2 is 1.63 bits per heavy atom. The number of carboxylic acid groups (broad SMARTS) is 1. The molecule has 0 N–H and O–H groups in total. The maximum atomic E-state index is 13.0. The number of ether oxygens (including phenoxy) is 1. The van der Waals surface area contributed by atoms with E-state index in [9.17, 15) is 19.1 Å². The van der Waals surface area contributed by atoms with E-state index >= 15 is 0 Å². The number of Topliss-reactive ketones (excluding diaryl/α,β-unsaturated/α-hetero) is 1. The second-order valence-corrected chi connectivity index (χ2v) is 6.15. The van der Waals surface area contributed by atoms with Gasteiger partial charge in [-0.05, 0) is 61.4 Å². The van der Waals surface area contributed by atoms with E-state index in [4.69, 9.17) is 16.3 Å². The van der Waals surface area contributed by atoms with Gasteiger partial charge in [0, 0.05) is 28.5 Å². The summed E-state index contributed by atoms with van der Waals surface area (Å²) in [5, 5.41) is 11.3. The molecule has 0 radical (unpaired) electrons. The Kier molecular flexibility index (Phi) is 9.31. The maximum Gasteiger partial charge on any atom is 1.00 e. The SMILES string of the molecule is C=C(OC(CCC(=O)[O-])CC(=O)c1ccc(F)cc1)c1ccc(Cl)cc1.[Li+]. The summed E-state index contributed by atoms with van der Waals surface area (Å²) in [6, 6.07) is 11.9. The monoisotopic (exact) mass is 382 g/mol. The molecule has 4 nitrogen and oxygen atoms in total. The van der Waals surface area contributed by atoms with E-state index in [0.717, 1.165) is 0 Å². The van der Waals surface area contributed by atoms with Crippen LogP contribution in [0.3, 0.4) is 0 Å². The van der Waals surface area contributed by atoms with Gasteiger partial charge in [0.2, 0.25) is 0 Å². The van der Waals surface area contributed by atoms with Gasteiger partial charge in [0.25, 0.3) is 0 Å². The van der Waals surface area contributed by atoms with Crippen LogP contribution in [0.15, 0.2) is 55.1 Å². The first kappa shape index (κ1) is 23.0. The molecule has 0 fully saturated rings. The van der Waals surface area contributed by atoms with Crippen molar-refractivity contribution in [2.24, 2.45) is 0 Å². The number of halogens is 2. The van der Waals surface area contributed by atoms with Crippen molar-refractivity contribution >= 4 is 29.1 Å². The number of benzene rings is 2. The Morgan fingerprint density at radius 3 is 2.19 bits per heavy atom. The van der Waals surface area contributed by atoms with Crippen molar-refractivity contribution in [3.05, 3.63) is 77.1 Å². The van der Waals surface area contributed by atoms with Crippen LogP contribution in [0.1, 0.15) is 35.2 Å². The second kappa shape index (κ2) is 10.9. The number of ketones is 1. The molecule has 0 amide bonds. The van der Waals surface area contributed by atoms with Crippen molar-refractivity contribution in [1.29, 1.82) is 0 Å². The Hall–Kier alpha value is -2.06. The van der Waals surface area contributed by atoms with E-state index in [1.54, 1.807) is 24.3 Å². The third-order valence-corrected chi connectivity index (χ3v) is 3.98. The number of carbonyl (C=O) groups excluding carboxylic acids is 2. The van der Waals surface area contributed by atoms with E-state index < -0.39 is 17.9 Å². The number of hydrogen-bond donors (Lipinski definition) is 0. The molecule has 1 atom stereocenters. The summed E-state index contributed by atoms with van der Waals surface area (Å²) in [6.45, 7) is 3.82. The Bertz CT molecular complexity index is 731. The van der Waals surface area contributed by atoms with Crippen molar-refractivity contribution < 1.29 is 42.7 Å². The molecule has 0 aliphatic carbocycles. The molecule has 0 aliphatic heterocycles. The van der Waals surface area contributed by atoms with Gasteiger partial charge >= 0.3 is 18.9 Å². The summed E-state index contributed by atoms with van der Waals surface area (Å²) in [4.78, 5) is 23.1. The molecular weight excluding hydrogens is 366 g/mol. The molecule has 2 aromatic carbocycles. The summed E-state index contributed by atoms with van der Waals surface area (Å²) < 4.78 is 18.7. The first-order valence-corrected chi connectivity index (χ1v) is 8.33. The van der Waals surface area contributed by atoms with Crippen LogP contribution in [0.4, 0.5) is 4.39 Å². The molecule has 136 valence electrons. The van der Waals surface area contributed by atoms with Gasteiger partial charge in [-0.15, -0.1) is 0 Å². The predicted molar refractivity (Wildman–Crippen MR) is 94.9 cm³/mol. The van der Waals surface area contributed by atoms with Crippen LogP contribution in [0, 0.1) is 5.82 Å². The molecule has 0 heterocycles. The van der Waals surface area contributed by atoms with Gasteiger partial charge < -0.3 is 14.6 Å². The van der Waals surface area contributed by atoms with Gasteiger partial charge in [0.05, 0.1) is 0 Å². The van der Waals surface area contributed by atoms with Crippen LogP contribution in [-0.2, 0) is 9.53 Å². The minimum atomic E-state index is -1.23. The van der Waals surface area contributed by atoms with Crippen LogP contribution < -0.4 is 24.0 Å². The molecule has 0 aliphatic rings. The molecule has 27 heavy (non-hydrogen) atoms. The zero-order chi connectivity index (χ0) is 19.1. The van der Waals surface area contributed by atoms with Crippen LogP contribution in [0.2, 0.25) is 5.02 Å². The Labute approximate surface area is 174 Å². The van der Waals surface area contributed by atoms with Gasteiger partial charge in [-0.1, -0.05) is 18.2 Å². The van der Waals surface area contributed by atoms with Crippen molar-refractivity contribution in [1.82, 2.24) is 0 Å². The fraction of sp³-hybridized carbons (Fsp3) is 0.200. The topological polar surface area (TPSA) is 66.4 Å². The van der Waals surface area contributed by atoms with E-state index in [2.05, 4.69) is 6.58 Å². The molecule has 2 aromatic rings. The number of rotatable bonds is 9. The zero-order valence-electron chi connectivity index (χ0n) is 14.9. The summed E-state index contributed by atoms with van der Waals surface area (Å²) in [6.07, 6.45) is -0.934. The molecular formula is C20H17ClFLiO4. The van der Waals surface area contributed by atoms with Crippen molar-refractivity contribution in [3.63, 3.8) is 0 Å².